The van der Waals surface area contributed by atoms with Gasteiger partial charge in [-0.2, -0.15) is 0 Å². The second kappa shape index (κ2) is 5.70. The molecule has 0 aromatic heterocycles. The Morgan fingerprint density at radius 1 is 1.29 bits per heavy atom. The van der Waals surface area contributed by atoms with Crippen molar-refractivity contribution in [2.75, 3.05) is 0 Å². The van der Waals surface area contributed by atoms with Gasteiger partial charge in [0.2, 0.25) is 0 Å². The summed E-state index contributed by atoms with van der Waals surface area (Å²) in [4.78, 5) is 8.46. The van der Waals surface area contributed by atoms with Gasteiger partial charge in [0, 0.05) is 5.02 Å². The molecule has 1 aliphatic carbocycles. The number of thioether (sulfide) groups is 1. The predicted molar refractivity (Wildman–Crippen MR) is 90.7 cm³/mol. The molecule has 1 heterocycles. The van der Waals surface area contributed by atoms with Gasteiger partial charge in [0.1, 0.15) is 17.5 Å². The molecule has 0 bridgehead atoms. The minimum absolute atomic E-state index is 0.00143. The number of ether oxygens (including phenoxy) is 1. The van der Waals surface area contributed by atoms with Crippen molar-refractivity contribution in [2.24, 2.45) is 9.98 Å². The van der Waals surface area contributed by atoms with Gasteiger partial charge in [-0.3, -0.25) is 0 Å². The zero-order chi connectivity index (χ0) is 14.9. The van der Waals surface area contributed by atoms with Gasteiger partial charge < -0.3 is 4.74 Å². The summed E-state index contributed by atoms with van der Waals surface area (Å²) in [5.41, 5.74) is 1.87. The standard InChI is InChI=1S/C16H15ClN2OS/c1-11(20-13-5-3-12(17)4-6-13)21-16(2)8-7-14-15(9-16)19-10-18-14/h3-11H,1-2H3. The van der Waals surface area contributed by atoms with E-state index in [9.17, 15) is 0 Å². The first-order chi connectivity index (χ1) is 10.0. The average molecular weight is 319 g/mol. The second-order valence-corrected chi connectivity index (χ2v) is 7.28. The quantitative estimate of drug-likeness (QED) is 0.766. The maximum atomic E-state index is 5.92. The van der Waals surface area contributed by atoms with Gasteiger partial charge in [-0.25, -0.2) is 9.98 Å². The number of aliphatic imine (C=N–C) groups is 2. The van der Waals surface area contributed by atoms with Gasteiger partial charge >= 0.3 is 0 Å². The molecule has 3 nitrogen and oxygen atoms in total. The fraction of sp³-hybridized carbons (Fsp3) is 0.250. The molecule has 0 amide bonds. The molecule has 0 saturated heterocycles. The van der Waals surface area contributed by atoms with E-state index < -0.39 is 0 Å². The SMILES string of the molecule is CC(Oc1ccc(Cl)cc1)SC1(C)C=CC2=NC=NC2=C1. The molecule has 21 heavy (non-hydrogen) atoms. The molecule has 1 aliphatic heterocycles. The van der Waals surface area contributed by atoms with Crippen LogP contribution in [0.15, 0.2) is 58.2 Å². The summed E-state index contributed by atoms with van der Waals surface area (Å²) >= 11 is 7.60. The number of halogens is 1. The van der Waals surface area contributed by atoms with Crippen molar-refractivity contribution in [3.8, 4) is 5.75 Å². The molecular weight excluding hydrogens is 304 g/mol. The van der Waals surface area contributed by atoms with E-state index in [0.29, 0.717) is 5.02 Å². The molecular formula is C16H15ClN2OS. The number of hydrogen-bond donors (Lipinski definition) is 0. The van der Waals surface area contributed by atoms with E-state index in [4.69, 9.17) is 16.3 Å². The first kappa shape index (κ1) is 14.4. The molecule has 2 aliphatic rings. The number of hydrogen-bond acceptors (Lipinski definition) is 4. The topological polar surface area (TPSA) is 34.0 Å². The fourth-order valence-corrected chi connectivity index (χ4v) is 3.58. The smallest absolute Gasteiger partial charge is 0.142 e. The van der Waals surface area contributed by atoms with E-state index >= 15 is 0 Å². The summed E-state index contributed by atoms with van der Waals surface area (Å²) < 4.78 is 5.77. The Hall–Kier alpha value is -1.52. The van der Waals surface area contributed by atoms with Crippen molar-refractivity contribution in [1.82, 2.24) is 0 Å². The number of fused-ring (bicyclic) bond motifs is 1. The lowest BCUT2D eigenvalue weighted by atomic mass is 10.0. The third kappa shape index (κ3) is 3.39. The lowest BCUT2D eigenvalue weighted by Crippen LogP contribution is -2.24. The number of benzene rings is 1. The number of allylic oxidation sites excluding steroid dienone is 1. The minimum Gasteiger partial charge on any atom is -0.480 e. The van der Waals surface area contributed by atoms with E-state index in [1.807, 2.05) is 37.3 Å². The normalized spacial score (nSPS) is 24.3. The third-order valence-corrected chi connectivity index (χ3v) is 4.63. The molecule has 1 aromatic rings. The average Bonchev–Trinajstić information content (AvgIpc) is 2.87. The van der Waals surface area contributed by atoms with E-state index in [1.54, 1.807) is 18.1 Å². The first-order valence-electron chi connectivity index (χ1n) is 6.67. The van der Waals surface area contributed by atoms with Crippen molar-refractivity contribution in [3.63, 3.8) is 0 Å². The van der Waals surface area contributed by atoms with Crippen LogP contribution < -0.4 is 4.74 Å². The van der Waals surface area contributed by atoms with Crippen LogP contribution in [-0.2, 0) is 0 Å². The summed E-state index contributed by atoms with van der Waals surface area (Å²) in [5.74, 6) is 0.816. The molecule has 0 saturated carbocycles. The highest BCUT2D eigenvalue weighted by atomic mass is 35.5. The lowest BCUT2D eigenvalue weighted by molar-refractivity contribution is 0.306. The second-order valence-electron chi connectivity index (χ2n) is 5.06. The summed E-state index contributed by atoms with van der Waals surface area (Å²) in [6, 6.07) is 7.41. The van der Waals surface area contributed by atoms with Crippen LogP contribution in [-0.4, -0.2) is 22.2 Å². The Morgan fingerprint density at radius 2 is 2.05 bits per heavy atom. The fourth-order valence-electron chi connectivity index (χ4n) is 2.25. The molecule has 108 valence electrons. The third-order valence-electron chi connectivity index (χ3n) is 3.19. The molecule has 3 rings (SSSR count). The molecule has 1 aromatic carbocycles. The maximum Gasteiger partial charge on any atom is 0.142 e. The van der Waals surface area contributed by atoms with E-state index in [2.05, 4.69) is 29.1 Å². The Bertz CT molecular complexity index is 663. The molecule has 2 atom stereocenters. The molecule has 2 unspecified atom stereocenters. The van der Waals surface area contributed by atoms with Crippen molar-refractivity contribution in [1.29, 1.82) is 0 Å². The lowest BCUT2D eigenvalue weighted by Gasteiger charge is -2.28. The first-order valence-corrected chi connectivity index (χ1v) is 7.93. The van der Waals surface area contributed by atoms with E-state index in [1.165, 1.54) is 0 Å². The van der Waals surface area contributed by atoms with Crippen molar-refractivity contribution in [3.05, 3.63) is 53.2 Å². The number of nitrogens with zero attached hydrogens (tertiary/aromatic N) is 2. The maximum absolute atomic E-state index is 5.92. The van der Waals surface area contributed by atoms with E-state index in [0.717, 1.165) is 17.2 Å². The van der Waals surface area contributed by atoms with Gasteiger partial charge in [-0.15, -0.1) is 11.8 Å². The minimum atomic E-state index is -0.151. The zero-order valence-electron chi connectivity index (χ0n) is 11.8. The highest BCUT2D eigenvalue weighted by molar-refractivity contribution is 8.01. The van der Waals surface area contributed by atoms with Crippen molar-refractivity contribution >= 4 is 35.4 Å². The van der Waals surface area contributed by atoms with Crippen LogP contribution in [0.1, 0.15) is 13.8 Å². The highest BCUT2D eigenvalue weighted by Gasteiger charge is 2.28. The largest absolute Gasteiger partial charge is 0.480 e. The van der Waals surface area contributed by atoms with Crippen molar-refractivity contribution < 1.29 is 4.74 Å². The molecule has 5 heteroatoms. The highest BCUT2D eigenvalue weighted by Crippen LogP contribution is 2.37. The van der Waals surface area contributed by atoms with Crippen LogP contribution in [0.2, 0.25) is 5.02 Å². The van der Waals surface area contributed by atoms with Crippen LogP contribution in [0.25, 0.3) is 0 Å². The van der Waals surface area contributed by atoms with Crippen LogP contribution in [0.5, 0.6) is 5.75 Å². The molecule has 0 spiro atoms. The van der Waals surface area contributed by atoms with Crippen LogP contribution in [0.3, 0.4) is 0 Å². The van der Waals surface area contributed by atoms with Gasteiger partial charge in [0.05, 0.1) is 16.2 Å². The summed E-state index contributed by atoms with van der Waals surface area (Å²) in [7, 11) is 0. The van der Waals surface area contributed by atoms with Crippen molar-refractivity contribution in [2.45, 2.75) is 24.0 Å². The Labute approximate surface area is 133 Å². The monoisotopic (exact) mass is 318 g/mol. The molecule has 0 radical (unpaired) electrons. The Morgan fingerprint density at radius 3 is 2.81 bits per heavy atom. The van der Waals surface area contributed by atoms with Gasteiger partial charge in [0.25, 0.3) is 0 Å². The van der Waals surface area contributed by atoms with Gasteiger partial charge in [-0.1, -0.05) is 17.7 Å². The molecule has 0 N–H and O–H groups in total. The predicted octanol–water partition coefficient (Wildman–Crippen LogP) is 4.49. The Balaban J connectivity index is 1.67. The van der Waals surface area contributed by atoms with Crippen LogP contribution >= 0.6 is 23.4 Å². The van der Waals surface area contributed by atoms with Gasteiger partial charge in [-0.05, 0) is 50.3 Å². The summed E-state index contributed by atoms with van der Waals surface area (Å²) in [6.07, 6.45) is 7.87. The summed E-state index contributed by atoms with van der Waals surface area (Å²) in [6.45, 7) is 4.19. The van der Waals surface area contributed by atoms with E-state index in [-0.39, 0.29) is 10.2 Å². The van der Waals surface area contributed by atoms with Crippen LogP contribution in [0.4, 0.5) is 0 Å². The number of rotatable bonds is 4. The zero-order valence-corrected chi connectivity index (χ0v) is 13.4. The van der Waals surface area contributed by atoms with Gasteiger partial charge in [0.15, 0.2) is 0 Å². The molecule has 0 fully saturated rings. The Kier molecular flexibility index (Phi) is 3.91. The summed E-state index contributed by atoms with van der Waals surface area (Å²) in [5, 5.41) is 0.709. The van der Waals surface area contributed by atoms with Crippen LogP contribution in [0, 0.1) is 0 Å².